The van der Waals surface area contributed by atoms with Crippen LogP contribution in [0.3, 0.4) is 0 Å². The van der Waals surface area contributed by atoms with E-state index < -0.39 is 4.92 Å². The molecule has 0 atom stereocenters. The van der Waals surface area contributed by atoms with E-state index in [4.69, 9.17) is 4.74 Å². The third-order valence-corrected chi connectivity index (χ3v) is 1.69. The Morgan fingerprint density at radius 1 is 1.71 bits per heavy atom. The second-order valence-corrected chi connectivity index (χ2v) is 3.08. The van der Waals surface area contributed by atoms with Crippen molar-refractivity contribution < 1.29 is 9.66 Å². The molecule has 14 heavy (non-hydrogen) atoms. The SMILES string of the molecule is CCOc1nn(C(C)C)cc1[N+](=O)[O-]. The van der Waals surface area contributed by atoms with E-state index in [1.807, 2.05) is 13.8 Å². The van der Waals surface area contributed by atoms with Crippen LogP contribution in [0.4, 0.5) is 5.69 Å². The van der Waals surface area contributed by atoms with E-state index in [-0.39, 0.29) is 17.6 Å². The Morgan fingerprint density at radius 2 is 2.36 bits per heavy atom. The Bertz CT molecular complexity index is 333. The van der Waals surface area contributed by atoms with E-state index in [1.54, 1.807) is 6.92 Å². The van der Waals surface area contributed by atoms with Crippen LogP contribution in [-0.4, -0.2) is 21.3 Å². The molecule has 0 amide bonds. The first-order valence-corrected chi connectivity index (χ1v) is 4.42. The van der Waals surface area contributed by atoms with Crippen molar-refractivity contribution in [3.63, 3.8) is 0 Å². The van der Waals surface area contributed by atoms with Crippen LogP contribution in [0.1, 0.15) is 26.8 Å². The average Bonchev–Trinajstić information content (AvgIpc) is 2.49. The van der Waals surface area contributed by atoms with Gasteiger partial charge in [0.15, 0.2) is 0 Å². The van der Waals surface area contributed by atoms with Crippen LogP contribution < -0.4 is 4.74 Å². The summed E-state index contributed by atoms with van der Waals surface area (Å²) in [5.41, 5.74) is -0.0828. The summed E-state index contributed by atoms with van der Waals surface area (Å²) < 4.78 is 6.57. The molecule has 0 aliphatic heterocycles. The van der Waals surface area contributed by atoms with Crippen molar-refractivity contribution in [2.75, 3.05) is 6.61 Å². The quantitative estimate of drug-likeness (QED) is 0.547. The summed E-state index contributed by atoms with van der Waals surface area (Å²) in [5.74, 6) is 0.0891. The minimum Gasteiger partial charge on any atom is -0.472 e. The van der Waals surface area contributed by atoms with E-state index in [9.17, 15) is 10.1 Å². The van der Waals surface area contributed by atoms with Crippen LogP contribution in [0, 0.1) is 10.1 Å². The van der Waals surface area contributed by atoms with Crippen LogP contribution in [0.5, 0.6) is 5.88 Å². The first kappa shape index (κ1) is 10.5. The number of nitrogens with zero attached hydrogens (tertiary/aromatic N) is 3. The number of hydrogen-bond donors (Lipinski definition) is 0. The maximum Gasteiger partial charge on any atom is 0.350 e. The predicted molar refractivity (Wildman–Crippen MR) is 50.4 cm³/mol. The van der Waals surface area contributed by atoms with Gasteiger partial charge in [-0.25, -0.2) is 0 Å². The van der Waals surface area contributed by atoms with Crippen molar-refractivity contribution in [1.82, 2.24) is 9.78 Å². The van der Waals surface area contributed by atoms with E-state index in [2.05, 4.69) is 5.10 Å². The zero-order chi connectivity index (χ0) is 10.7. The van der Waals surface area contributed by atoms with Gasteiger partial charge in [-0.05, 0) is 20.8 Å². The molecule has 1 heterocycles. The van der Waals surface area contributed by atoms with Gasteiger partial charge in [-0.2, -0.15) is 0 Å². The van der Waals surface area contributed by atoms with E-state index in [1.165, 1.54) is 10.9 Å². The highest BCUT2D eigenvalue weighted by Crippen LogP contribution is 2.25. The highest BCUT2D eigenvalue weighted by molar-refractivity contribution is 5.38. The topological polar surface area (TPSA) is 70.2 Å². The summed E-state index contributed by atoms with van der Waals surface area (Å²) >= 11 is 0. The van der Waals surface area contributed by atoms with Crippen molar-refractivity contribution in [2.45, 2.75) is 26.8 Å². The number of hydrogen-bond acceptors (Lipinski definition) is 4. The highest BCUT2D eigenvalue weighted by atomic mass is 16.6. The van der Waals surface area contributed by atoms with Crippen LogP contribution >= 0.6 is 0 Å². The molecular formula is C8H13N3O3. The third-order valence-electron chi connectivity index (χ3n) is 1.69. The van der Waals surface area contributed by atoms with Crippen molar-refractivity contribution in [2.24, 2.45) is 0 Å². The molecule has 0 bridgehead atoms. The summed E-state index contributed by atoms with van der Waals surface area (Å²) in [6.07, 6.45) is 1.38. The maximum absolute atomic E-state index is 10.6. The Labute approximate surface area is 81.6 Å². The molecule has 1 aromatic rings. The van der Waals surface area contributed by atoms with Crippen molar-refractivity contribution in [1.29, 1.82) is 0 Å². The van der Waals surface area contributed by atoms with Gasteiger partial charge in [-0.1, -0.05) is 0 Å². The van der Waals surface area contributed by atoms with E-state index in [0.717, 1.165) is 0 Å². The number of rotatable bonds is 4. The van der Waals surface area contributed by atoms with E-state index >= 15 is 0 Å². The van der Waals surface area contributed by atoms with Gasteiger partial charge < -0.3 is 4.74 Å². The second kappa shape index (κ2) is 4.08. The Balaban J connectivity index is 3.05. The summed E-state index contributed by atoms with van der Waals surface area (Å²) in [6, 6.07) is 0.0860. The third kappa shape index (κ3) is 2.01. The molecule has 0 saturated heterocycles. The molecular weight excluding hydrogens is 186 g/mol. The van der Waals surface area contributed by atoms with Gasteiger partial charge in [0.25, 0.3) is 0 Å². The molecule has 0 aliphatic rings. The van der Waals surface area contributed by atoms with Gasteiger partial charge >= 0.3 is 11.6 Å². The largest absolute Gasteiger partial charge is 0.472 e. The molecule has 1 rings (SSSR count). The monoisotopic (exact) mass is 199 g/mol. The summed E-state index contributed by atoms with van der Waals surface area (Å²) in [6.45, 7) is 5.92. The molecule has 0 saturated carbocycles. The van der Waals surface area contributed by atoms with Crippen LogP contribution in [0.15, 0.2) is 6.20 Å². The molecule has 6 heteroatoms. The standard InChI is InChI=1S/C8H13N3O3/c1-4-14-8-7(11(12)13)5-10(9-8)6(2)3/h5-6H,4H2,1-3H3. The van der Waals surface area contributed by atoms with Gasteiger partial charge in [-0.3, -0.25) is 14.8 Å². The van der Waals surface area contributed by atoms with Gasteiger partial charge in [0.2, 0.25) is 0 Å². The first-order valence-electron chi connectivity index (χ1n) is 4.42. The van der Waals surface area contributed by atoms with Gasteiger partial charge in [0.1, 0.15) is 6.20 Å². The summed E-state index contributed by atoms with van der Waals surface area (Å²) in [5, 5.41) is 14.6. The number of ether oxygens (including phenoxy) is 1. The Kier molecular flexibility index (Phi) is 3.06. The van der Waals surface area contributed by atoms with Gasteiger partial charge in [-0.15, -0.1) is 5.10 Å². The summed E-state index contributed by atoms with van der Waals surface area (Å²) in [4.78, 5) is 10.1. The van der Waals surface area contributed by atoms with Crippen molar-refractivity contribution in [3.05, 3.63) is 16.3 Å². The van der Waals surface area contributed by atoms with E-state index in [0.29, 0.717) is 6.61 Å². The van der Waals surface area contributed by atoms with Gasteiger partial charge in [0.05, 0.1) is 11.5 Å². The van der Waals surface area contributed by atoms with Crippen molar-refractivity contribution >= 4 is 5.69 Å². The van der Waals surface area contributed by atoms with Gasteiger partial charge in [0, 0.05) is 6.04 Å². The second-order valence-electron chi connectivity index (χ2n) is 3.08. The number of nitro groups is 1. The maximum atomic E-state index is 10.6. The average molecular weight is 199 g/mol. The fraction of sp³-hybridized carbons (Fsp3) is 0.625. The zero-order valence-corrected chi connectivity index (χ0v) is 8.43. The lowest BCUT2D eigenvalue weighted by atomic mass is 10.4. The minimum atomic E-state index is -0.489. The highest BCUT2D eigenvalue weighted by Gasteiger charge is 2.21. The molecule has 78 valence electrons. The molecule has 0 radical (unpaired) electrons. The molecule has 1 aromatic heterocycles. The van der Waals surface area contributed by atoms with Crippen LogP contribution in [-0.2, 0) is 0 Å². The molecule has 0 aromatic carbocycles. The smallest absolute Gasteiger partial charge is 0.350 e. The summed E-state index contributed by atoms with van der Waals surface area (Å²) in [7, 11) is 0. The molecule has 0 fully saturated rings. The fourth-order valence-corrected chi connectivity index (χ4v) is 0.995. The fourth-order valence-electron chi connectivity index (χ4n) is 0.995. The lowest BCUT2D eigenvalue weighted by molar-refractivity contribution is -0.386. The lowest BCUT2D eigenvalue weighted by Crippen LogP contribution is -2.01. The van der Waals surface area contributed by atoms with Crippen LogP contribution in [0.25, 0.3) is 0 Å². The molecule has 6 nitrogen and oxygen atoms in total. The minimum absolute atomic E-state index is 0.0828. The van der Waals surface area contributed by atoms with Crippen molar-refractivity contribution in [3.8, 4) is 5.88 Å². The molecule has 0 spiro atoms. The lowest BCUT2D eigenvalue weighted by Gasteiger charge is -2.02. The normalized spacial score (nSPS) is 10.6. The molecule has 0 N–H and O–H groups in total. The predicted octanol–water partition coefficient (Wildman–Crippen LogP) is 1.77. The molecule has 0 unspecified atom stereocenters. The zero-order valence-electron chi connectivity index (χ0n) is 8.43. The Morgan fingerprint density at radius 3 is 2.79 bits per heavy atom. The Hall–Kier alpha value is -1.59. The van der Waals surface area contributed by atoms with Crippen LogP contribution in [0.2, 0.25) is 0 Å². The molecule has 0 aliphatic carbocycles. The number of aromatic nitrogens is 2. The first-order chi connectivity index (χ1) is 6.56.